The smallest absolute Gasteiger partial charge is 0.251 e. The molecule has 1 N–H and O–H groups in total. The Hall–Kier alpha value is -1.70. The van der Waals surface area contributed by atoms with Crippen molar-refractivity contribution in [3.05, 3.63) is 64.7 Å². The van der Waals surface area contributed by atoms with Crippen molar-refractivity contribution >= 4 is 45.0 Å². The number of hydrogen-bond acceptors (Lipinski definition) is 4. The van der Waals surface area contributed by atoms with Gasteiger partial charge in [-0.1, -0.05) is 29.8 Å². The standard InChI is InChI=1S/C18H21ClN2O3S2/c1-21(26(2,23)24)17-5-3-4-15(12-17)18(22)20-10-11-25-13-14-6-8-16(19)9-7-14/h3-9,12H,10-11,13H2,1-2H3,(H,20,22). The summed E-state index contributed by atoms with van der Waals surface area (Å²) in [5.41, 5.74) is 2.07. The molecule has 0 fully saturated rings. The van der Waals surface area contributed by atoms with Crippen LogP contribution in [0.15, 0.2) is 48.5 Å². The number of benzene rings is 2. The van der Waals surface area contributed by atoms with E-state index in [1.165, 1.54) is 12.6 Å². The molecule has 0 atom stereocenters. The Morgan fingerprint density at radius 2 is 1.88 bits per heavy atom. The second kappa shape index (κ2) is 9.30. The van der Waals surface area contributed by atoms with Gasteiger partial charge in [-0.2, -0.15) is 11.8 Å². The lowest BCUT2D eigenvalue weighted by atomic mass is 10.2. The van der Waals surface area contributed by atoms with E-state index in [2.05, 4.69) is 5.32 Å². The Balaban J connectivity index is 1.81. The average Bonchev–Trinajstić information content (AvgIpc) is 2.61. The van der Waals surface area contributed by atoms with E-state index in [0.29, 0.717) is 17.8 Å². The number of halogens is 1. The minimum atomic E-state index is -3.36. The summed E-state index contributed by atoms with van der Waals surface area (Å²) in [6.45, 7) is 0.531. The molecule has 0 aromatic heterocycles. The maximum absolute atomic E-state index is 12.2. The maximum atomic E-state index is 12.2. The van der Waals surface area contributed by atoms with E-state index < -0.39 is 10.0 Å². The fourth-order valence-corrected chi connectivity index (χ4v) is 3.59. The molecule has 0 spiro atoms. The van der Waals surface area contributed by atoms with E-state index in [1.807, 2.05) is 24.3 Å². The number of sulfonamides is 1. The van der Waals surface area contributed by atoms with Crippen LogP contribution in [-0.2, 0) is 15.8 Å². The van der Waals surface area contributed by atoms with Gasteiger partial charge in [0.2, 0.25) is 10.0 Å². The Kier molecular flexibility index (Phi) is 7.37. The summed E-state index contributed by atoms with van der Waals surface area (Å²) in [7, 11) is -1.90. The van der Waals surface area contributed by atoms with Gasteiger partial charge in [0.1, 0.15) is 0 Å². The SMILES string of the molecule is CN(c1cccc(C(=O)NCCSCc2ccc(Cl)cc2)c1)S(C)(=O)=O. The molecule has 0 heterocycles. The summed E-state index contributed by atoms with van der Waals surface area (Å²) >= 11 is 7.57. The summed E-state index contributed by atoms with van der Waals surface area (Å²) in [5, 5.41) is 3.57. The van der Waals surface area contributed by atoms with Gasteiger partial charge in [-0.3, -0.25) is 9.10 Å². The average molecular weight is 413 g/mol. The molecule has 26 heavy (non-hydrogen) atoms. The number of nitrogens with one attached hydrogen (secondary N) is 1. The van der Waals surface area contributed by atoms with Crippen molar-refractivity contribution in [1.29, 1.82) is 0 Å². The molecule has 0 aliphatic carbocycles. The molecule has 5 nitrogen and oxygen atoms in total. The van der Waals surface area contributed by atoms with Crippen molar-refractivity contribution in [1.82, 2.24) is 5.32 Å². The number of anilines is 1. The van der Waals surface area contributed by atoms with Crippen LogP contribution < -0.4 is 9.62 Å². The van der Waals surface area contributed by atoms with Crippen LogP contribution in [0.4, 0.5) is 5.69 Å². The van der Waals surface area contributed by atoms with Gasteiger partial charge >= 0.3 is 0 Å². The predicted molar refractivity (Wildman–Crippen MR) is 110 cm³/mol. The van der Waals surface area contributed by atoms with E-state index in [4.69, 9.17) is 11.6 Å². The first kappa shape index (κ1) is 20.6. The summed E-state index contributed by atoms with van der Waals surface area (Å²) in [6.07, 6.45) is 1.12. The van der Waals surface area contributed by atoms with Crippen molar-refractivity contribution in [3.8, 4) is 0 Å². The molecule has 2 rings (SSSR count). The van der Waals surface area contributed by atoms with Crippen LogP contribution in [0.3, 0.4) is 0 Å². The maximum Gasteiger partial charge on any atom is 0.251 e. The molecule has 0 saturated carbocycles. The van der Waals surface area contributed by atoms with Gasteiger partial charge in [-0.15, -0.1) is 0 Å². The number of hydrogen-bond donors (Lipinski definition) is 1. The normalized spacial score (nSPS) is 11.2. The molecule has 0 radical (unpaired) electrons. The van der Waals surface area contributed by atoms with Crippen molar-refractivity contribution < 1.29 is 13.2 Å². The molecular formula is C18H21ClN2O3S2. The van der Waals surface area contributed by atoms with Crippen LogP contribution in [-0.4, -0.2) is 39.9 Å². The van der Waals surface area contributed by atoms with Gasteiger partial charge in [0.15, 0.2) is 0 Å². The van der Waals surface area contributed by atoms with E-state index in [1.54, 1.807) is 36.0 Å². The molecule has 8 heteroatoms. The van der Waals surface area contributed by atoms with Crippen LogP contribution in [0.2, 0.25) is 5.02 Å². The van der Waals surface area contributed by atoms with Crippen LogP contribution in [0, 0.1) is 0 Å². The first-order valence-corrected chi connectivity index (χ1v) is 11.3. The zero-order valence-electron chi connectivity index (χ0n) is 14.6. The number of nitrogens with zero attached hydrogens (tertiary/aromatic N) is 1. The molecule has 0 aliphatic rings. The zero-order chi connectivity index (χ0) is 19.2. The van der Waals surface area contributed by atoms with Crippen LogP contribution in [0.5, 0.6) is 0 Å². The van der Waals surface area contributed by atoms with Gasteiger partial charge in [0.05, 0.1) is 11.9 Å². The van der Waals surface area contributed by atoms with Crippen LogP contribution in [0.1, 0.15) is 15.9 Å². The minimum absolute atomic E-state index is 0.221. The Labute approximate surface area is 163 Å². The molecule has 1 amide bonds. The number of rotatable bonds is 8. The first-order chi connectivity index (χ1) is 12.3. The molecule has 2 aromatic rings. The first-order valence-electron chi connectivity index (χ1n) is 7.92. The minimum Gasteiger partial charge on any atom is -0.351 e. The second-order valence-electron chi connectivity index (χ2n) is 5.72. The molecule has 0 aliphatic heterocycles. The van der Waals surface area contributed by atoms with Crippen molar-refractivity contribution in [2.75, 3.05) is 29.9 Å². The summed E-state index contributed by atoms with van der Waals surface area (Å²) in [6, 6.07) is 14.2. The molecule has 0 bridgehead atoms. The van der Waals surface area contributed by atoms with Crippen molar-refractivity contribution in [3.63, 3.8) is 0 Å². The molecule has 140 valence electrons. The zero-order valence-corrected chi connectivity index (χ0v) is 17.0. The largest absolute Gasteiger partial charge is 0.351 e. The lowest BCUT2D eigenvalue weighted by Crippen LogP contribution is -2.27. The lowest BCUT2D eigenvalue weighted by Gasteiger charge is -2.17. The van der Waals surface area contributed by atoms with Crippen molar-refractivity contribution in [2.24, 2.45) is 0 Å². The van der Waals surface area contributed by atoms with Crippen LogP contribution in [0.25, 0.3) is 0 Å². The van der Waals surface area contributed by atoms with Gasteiger partial charge < -0.3 is 5.32 Å². The topological polar surface area (TPSA) is 66.5 Å². The number of thioether (sulfide) groups is 1. The molecular weight excluding hydrogens is 392 g/mol. The Bertz CT molecular complexity index is 855. The van der Waals surface area contributed by atoms with E-state index in [-0.39, 0.29) is 5.91 Å². The van der Waals surface area contributed by atoms with Gasteiger partial charge in [-0.05, 0) is 35.9 Å². The highest BCUT2D eigenvalue weighted by Gasteiger charge is 2.13. The monoisotopic (exact) mass is 412 g/mol. The highest BCUT2D eigenvalue weighted by Crippen LogP contribution is 2.18. The van der Waals surface area contributed by atoms with E-state index in [9.17, 15) is 13.2 Å². The summed E-state index contributed by atoms with van der Waals surface area (Å²) in [5.74, 6) is 1.40. The van der Waals surface area contributed by atoms with Crippen LogP contribution >= 0.6 is 23.4 Å². The van der Waals surface area contributed by atoms with E-state index in [0.717, 1.165) is 27.1 Å². The molecule has 0 unspecified atom stereocenters. The second-order valence-corrected chi connectivity index (χ2v) is 9.27. The number of carbonyl (C=O) groups is 1. The van der Waals surface area contributed by atoms with Crippen molar-refractivity contribution in [2.45, 2.75) is 5.75 Å². The summed E-state index contributed by atoms with van der Waals surface area (Å²) in [4.78, 5) is 12.2. The predicted octanol–water partition coefficient (Wildman–Crippen LogP) is 3.40. The molecule has 0 saturated heterocycles. The Morgan fingerprint density at radius 3 is 2.54 bits per heavy atom. The highest BCUT2D eigenvalue weighted by molar-refractivity contribution is 7.98. The number of carbonyl (C=O) groups excluding carboxylic acids is 1. The number of amides is 1. The highest BCUT2D eigenvalue weighted by atomic mass is 35.5. The van der Waals surface area contributed by atoms with Gasteiger partial charge in [-0.25, -0.2) is 8.42 Å². The fraction of sp³-hybridized carbons (Fsp3) is 0.278. The molecule has 2 aromatic carbocycles. The summed E-state index contributed by atoms with van der Waals surface area (Å²) < 4.78 is 24.4. The third-order valence-corrected chi connectivity index (χ3v) is 6.17. The third kappa shape index (κ3) is 6.23. The quantitative estimate of drug-likeness (QED) is 0.675. The van der Waals surface area contributed by atoms with E-state index >= 15 is 0 Å². The van der Waals surface area contributed by atoms with Gasteiger partial charge in [0.25, 0.3) is 5.91 Å². The van der Waals surface area contributed by atoms with Gasteiger partial charge in [0, 0.05) is 35.7 Å². The Morgan fingerprint density at radius 1 is 1.19 bits per heavy atom. The fourth-order valence-electron chi connectivity index (χ4n) is 2.14. The lowest BCUT2D eigenvalue weighted by molar-refractivity contribution is 0.0956. The third-order valence-electron chi connectivity index (χ3n) is 3.68.